The third-order valence-electron chi connectivity index (χ3n) is 7.52. The van der Waals surface area contributed by atoms with E-state index in [1.165, 1.54) is 24.2 Å². The zero-order valence-electron chi connectivity index (χ0n) is 24.2. The summed E-state index contributed by atoms with van der Waals surface area (Å²) in [6.07, 6.45) is 7.94. The number of thiophene rings is 1. The fraction of sp³-hybridized carbons (Fsp3) is 0.600. The Morgan fingerprint density at radius 3 is 2.58 bits per heavy atom. The maximum Gasteiger partial charge on any atom is 0.412 e. The third kappa shape index (κ3) is 8.51. The molecule has 1 saturated heterocycles. The maximum absolute atomic E-state index is 13.3. The molecule has 2 aromatic heterocycles. The molecular weight excluding hydrogens is 526 g/mol. The molecule has 0 radical (unpaired) electrons. The van der Waals surface area contributed by atoms with Crippen LogP contribution < -0.4 is 10.6 Å². The molecule has 1 aliphatic carbocycles. The van der Waals surface area contributed by atoms with E-state index in [1.807, 2.05) is 16.3 Å². The Hall–Kier alpha value is -2.98. The smallest absolute Gasteiger partial charge is 0.412 e. The molecule has 2 aromatic rings. The van der Waals surface area contributed by atoms with Gasteiger partial charge in [0.2, 0.25) is 0 Å². The van der Waals surface area contributed by atoms with Crippen molar-refractivity contribution in [3.8, 4) is 0 Å². The van der Waals surface area contributed by atoms with Crippen molar-refractivity contribution in [1.82, 2.24) is 20.1 Å². The molecule has 2 N–H and O–H groups in total. The minimum absolute atomic E-state index is 0.0162. The highest BCUT2D eigenvalue weighted by Crippen LogP contribution is 2.24. The number of nitrogens with zero attached hydrogens (tertiary/aromatic N) is 3. The number of aromatic nitrogens is 1. The summed E-state index contributed by atoms with van der Waals surface area (Å²) in [6, 6.07) is 4.22. The number of ketones is 1. The summed E-state index contributed by atoms with van der Waals surface area (Å²) in [5, 5.41) is 9.62. The molecular formula is C30H43N5O4S. The topological polar surface area (TPSA) is 104 Å². The number of urea groups is 1. The van der Waals surface area contributed by atoms with Gasteiger partial charge in [0, 0.05) is 43.2 Å². The average molecular weight is 570 g/mol. The lowest BCUT2D eigenvalue weighted by molar-refractivity contribution is 0.0635. The molecule has 0 bridgehead atoms. The van der Waals surface area contributed by atoms with Crippen molar-refractivity contribution in [2.24, 2.45) is 0 Å². The number of Topliss-reactive ketones (excluding diaryl/α,β-unsaturated/α-hetero) is 1. The lowest BCUT2D eigenvalue weighted by atomic mass is 10.1. The number of likely N-dealkylation sites (N-methyl/N-ethyl adjacent to an activating group) is 1. The standard InChI is InChI=1S/C30H43N5O4S/c1-5-34-14-8-11-24(34)18-35(28(37)32-23-9-6-7-10-23)17-21-12-13-25(31-16-21)27(36)15-22-19-40-20-26(22)33-29(38)39-30(2,3)4/h12-13,16,19-20,23-24H,5-11,14-15,17-18H2,1-4H3,(H,32,37)(H,33,38). The number of hydrogen-bond donors (Lipinski definition) is 2. The van der Waals surface area contributed by atoms with Crippen LogP contribution in [0.4, 0.5) is 15.3 Å². The SMILES string of the molecule is CCN1CCCC1CN(Cc1ccc(C(=O)Cc2cscc2NC(=O)OC(C)(C)C)nc1)C(=O)NC1CCCC1. The molecule has 10 heteroatoms. The van der Waals surface area contributed by atoms with Crippen LogP contribution in [0.2, 0.25) is 0 Å². The number of ether oxygens (including phenoxy) is 1. The predicted molar refractivity (Wildman–Crippen MR) is 158 cm³/mol. The second-order valence-corrected chi connectivity index (χ2v) is 12.6. The van der Waals surface area contributed by atoms with Crippen LogP contribution in [0.5, 0.6) is 0 Å². The fourth-order valence-electron chi connectivity index (χ4n) is 5.48. The van der Waals surface area contributed by atoms with E-state index in [-0.39, 0.29) is 24.3 Å². The van der Waals surface area contributed by atoms with Gasteiger partial charge in [-0.1, -0.05) is 25.8 Å². The van der Waals surface area contributed by atoms with Crippen molar-refractivity contribution in [3.05, 3.63) is 45.9 Å². The summed E-state index contributed by atoms with van der Waals surface area (Å²) in [6.45, 7) is 10.8. The first-order chi connectivity index (χ1) is 19.1. The quantitative estimate of drug-likeness (QED) is 0.348. The zero-order valence-corrected chi connectivity index (χ0v) is 25.0. The first-order valence-electron chi connectivity index (χ1n) is 14.4. The van der Waals surface area contributed by atoms with Gasteiger partial charge in [-0.3, -0.25) is 20.0 Å². The number of carbonyl (C=O) groups excluding carboxylic acids is 3. The zero-order chi connectivity index (χ0) is 28.7. The van der Waals surface area contributed by atoms with Crippen LogP contribution >= 0.6 is 11.3 Å². The number of nitrogens with one attached hydrogen (secondary N) is 2. The number of anilines is 1. The third-order valence-corrected chi connectivity index (χ3v) is 8.31. The first kappa shape index (κ1) is 30.0. The van der Waals surface area contributed by atoms with Gasteiger partial charge in [0.1, 0.15) is 11.3 Å². The molecule has 1 saturated carbocycles. The Labute approximate surface area is 241 Å². The summed E-state index contributed by atoms with van der Waals surface area (Å²) in [5.41, 5.74) is 1.93. The van der Waals surface area contributed by atoms with Crippen LogP contribution in [0.1, 0.15) is 87.8 Å². The van der Waals surface area contributed by atoms with Crippen molar-refractivity contribution >= 4 is 34.9 Å². The van der Waals surface area contributed by atoms with Gasteiger partial charge in [-0.15, -0.1) is 11.3 Å². The van der Waals surface area contributed by atoms with E-state index < -0.39 is 11.7 Å². The first-order valence-corrected chi connectivity index (χ1v) is 15.4. The fourth-order valence-corrected chi connectivity index (χ4v) is 6.27. The highest BCUT2D eigenvalue weighted by Gasteiger charge is 2.29. The molecule has 0 aromatic carbocycles. The largest absolute Gasteiger partial charge is 0.444 e. The van der Waals surface area contributed by atoms with Gasteiger partial charge < -0.3 is 15.0 Å². The molecule has 3 heterocycles. The maximum atomic E-state index is 13.3. The monoisotopic (exact) mass is 569 g/mol. The number of hydrogen-bond acceptors (Lipinski definition) is 7. The van der Waals surface area contributed by atoms with E-state index in [0.29, 0.717) is 30.5 Å². The lowest BCUT2D eigenvalue weighted by Gasteiger charge is -2.31. The molecule has 218 valence electrons. The minimum Gasteiger partial charge on any atom is -0.444 e. The second kappa shape index (κ2) is 13.6. The molecule has 4 rings (SSSR count). The van der Waals surface area contributed by atoms with Crippen molar-refractivity contribution in [2.45, 2.75) is 96.9 Å². The summed E-state index contributed by atoms with van der Waals surface area (Å²) in [7, 11) is 0. The Bertz CT molecular complexity index is 1150. The van der Waals surface area contributed by atoms with Crippen molar-refractivity contribution in [2.75, 3.05) is 25.0 Å². The normalized spacial score (nSPS) is 18.1. The van der Waals surface area contributed by atoms with Gasteiger partial charge in [0.05, 0.1) is 5.69 Å². The summed E-state index contributed by atoms with van der Waals surface area (Å²) in [4.78, 5) is 47.3. The number of rotatable bonds is 10. The molecule has 1 unspecified atom stereocenters. The van der Waals surface area contributed by atoms with Gasteiger partial charge in [0.15, 0.2) is 5.78 Å². The Morgan fingerprint density at radius 1 is 1.12 bits per heavy atom. The predicted octanol–water partition coefficient (Wildman–Crippen LogP) is 5.85. The summed E-state index contributed by atoms with van der Waals surface area (Å²) in [5.74, 6) is -0.141. The summed E-state index contributed by atoms with van der Waals surface area (Å²) >= 11 is 1.41. The van der Waals surface area contributed by atoms with Crippen molar-refractivity contribution in [3.63, 3.8) is 0 Å². The Morgan fingerprint density at radius 2 is 1.90 bits per heavy atom. The highest BCUT2D eigenvalue weighted by atomic mass is 32.1. The van der Waals surface area contributed by atoms with Gasteiger partial charge in [-0.25, -0.2) is 9.59 Å². The van der Waals surface area contributed by atoms with Crippen LogP contribution in [-0.2, 0) is 17.7 Å². The van der Waals surface area contributed by atoms with E-state index >= 15 is 0 Å². The Kier molecular flexibility index (Phi) is 10.2. The van der Waals surface area contributed by atoms with E-state index in [9.17, 15) is 14.4 Å². The second-order valence-electron chi connectivity index (χ2n) is 11.8. The molecule has 1 aliphatic heterocycles. The van der Waals surface area contributed by atoms with Gasteiger partial charge in [-0.05, 0) is 82.1 Å². The van der Waals surface area contributed by atoms with E-state index in [2.05, 4.69) is 27.4 Å². The molecule has 1 atom stereocenters. The van der Waals surface area contributed by atoms with Gasteiger partial charge >= 0.3 is 12.1 Å². The van der Waals surface area contributed by atoms with E-state index in [4.69, 9.17) is 4.74 Å². The highest BCUT2D eigenvalue weighted by molar-refractivity contribution is 7.08. The summed E-state index contributed by atoms with van der Waals surface area (Å²) < 4.78 is 5.33. The molecule has 0 spiro atoms. The van der Waals surface area contributed by atoms with Crippen LogP contribution in [0.25, 0.3) is 0 Å². The number of pyridine rings is 1. The van der Waals surface area contributed by atoms with Gasteiger partial charge in [0.25, 0.3) is 0 Å². The van der Waals surface area contributed by atoms with Gasteiger partial charge in [-0.2, -0.15) is 0 Å². The molecule has 2 aliphatic rings. The lowest BCUT2D eigenvalue weighted by Crippen LogP contribution is -2.48. The number of amides is 3. The minimum atomic E-state index is -0.610. The number of carbonyl (C=O) groups is 3. The van der Waals surface area contributed by atoms with Crippen LogP contribution in [0.15, 0.2) is 29.1 Å². The van der Waals surface area contributed by atoms with Crippen LogP contribution in [0.3, 0.4) is 0 Å². The van der Waals surface area contributed by atoms with E-state index in [1.54, 1.807) is 38.4 Å². The average Bonchev–Trinajstić information content (AvgIpc) is 3.66. The van der Waals surface area contributed by atoms with Crippen molar-refractivity contribution < 1.29 is 19.1 Å². The Balaban J connectivity index is 1.39. The molecule has 9 nitrogen and oxygen atoms in total. The van der Waals surface area contributed by atoms with E-state index in [0.717, 1.165) is 49.9 Å². The molecule has 2 fully saturated rings. The van der Waals surface area contributed by atoms with Crippen LogP contribution in [-0.4, -0.2) is 70.0 Å². The molecule has 3 amide bonds. The molecule has 40 heavy (non-hydrogen) atoms. The van der Waals surface area contributed by atoms with Crippen molar-refractivity contribution in [1.29, 1.82) is 0 Å². The van der Waals surface area contributed by atoms with Crippen LogP contribution in [0, 0.1) is 0 Å². The number of likely N-dealkylation sites (tertiary alicyclic amines) is 1.